The average molecular weight is 524 g/mol. The molecule has 2 aromatic rings. The van der Waals surface area contributed by atoms with Crippen LogP contribution in [0.15, 0.2) is 36.4 Å². The van der Waals surface area contributed by atoms with E-state index in [1.54, 1.807) is 13.8 Å². The van der Waals surface area contributed by atoms with Gasteiger partial charge in [-0.2, -0.15) is 36.0 Å². The standard InChI is InChI=1S/C24H25F7NO4/c1-5-36-22(33)32(35-4)13(2)8-19(18-7-6-17(34-3)12-20(18)32)21(25)14-9-15(23(26,27)28)11-16(10-14)24(29,30)31/h6-7,9-13,19,21H,5,8H2,1-4H3/q+1/t13-,19?,21+,32+/m0/s1. The molecule has 1 amide bonds. The smallest absolute Gasteiger partial charge is 0.497 e. The molecule has 198 valence electrons. The Kier molecular flexibility index (Phi) is 7.62. The fourth-order valence-electron chi connectivity index (χ4n) is 4.63. The Labute approximate surface area is 202 Å². The lowest BCUT2D eigenvalue weighted by atomic mass is 9.80. The Hall–Kier alpha value is -2.86. The maximum absolute atomic E-state index is 16.0. The Morgan fingerprint density at radius 3 is 2.08 bits per heavy atom. The summed E-state index contributed by atoms with van der Waals surface area (Å²) >= 11 is 0. The molecule has 0 N–H and O–H groups in total. The van der Waals surface area contributed by atoms with E-state index in [-0.39, 0.29) is 36.1 Å². The third kappa shape index (κ3) is 4.88. The van der Waals surface area contributed by atoms with Crippen LogP contribution in [0, 0.1) is 0 Å². The zero-order valence-corrected chi connectivity index (χ0v) is 19.8. The Balaban J connectivity index is 2.21. The summed E-state index contributed by atoms with van der Waals surface area (Å²) in [5, 5.41) is 0. The number of methoxy groups -OCH3 is 1. The number of alkyl halides is 7. The lowest BCUT2D eigenvalue weighted by Crippen LogP contribution is -2.62. The number of amides is 1. The topological polar surface area (TPSA) is 44.8 Å². The van der Waals surface area contributed by atoms with Crippen molar-refractivity contribution in [1.82, 2.24) is 4.65 Å². The molecular weight excluding hydrogens is 499 g/mol. The number of nitrogens with zero attached hydrogens (tertiary/aromatic N) is 1. The second kappa shape index (κ2) is 9.89. The van der Waals surface area contributed by atoms with Crippen LogP contribution in [0.25, 0.3) is 0 Å². The summed E-state index contributed by atoms with van der Waals surface area (Å²) in [6.45, 7) is 3.14. The fourth-order valence-corrected chi connectivity index (χ4v) is 4.63. The highest BCUT2D eigenvalue weighted by atomic mass is 19.4. The van der Waals surface area contributed by atoms with Crippen molar-refractivity contribution in [2.24, 2.45) is 0 Å². The summed E-state index contributed by atoms with van der Waals surface area (Å²) in [7, 11) is 2.60. The van der Waals surface area contributed by atoms with Gasteiger partial charge in [0, 0.05) is 24.0 Å². The summed E-state index contributed by atoms with van der Waals surface area (Å²) in [4.78, 5) is 18.6. The minimum Gasteiger partial charge on any atom is -0.497 e. The molecule has 12 heteroatoms. The van der Waals surface area contributed by atoms with E-state index in [1.165, 1.54) is 32.4 Å². The molecule has 4 atom stereocenters. The highest BCUT2D eigenvalue weighted by molar-refractivity contribution is 5.83. The predicted octanol–water partition coefficient (Wildman–Crippen LogP) is 7.34. The third-order valence-corrected chi connectivity index (χ3v) is 6.32. The first-order valence-corrected chi connectivity index (χ1v) is 10.9. The fraction of sp³-hybridized carbons (Fsp3) is 0.458. The van der Waals surface area contributed by atoms with Gasteiger partial charge in [0.05, 0.1) is 32.0 Å². The van der Waals surface area contributed by atoms with Crippen molar-refractivity contribution >= 4 is 11.8 Å². The Morgan fingerprint density at radius 1 is 1.03 bits per heavy atom. The zero-order chi connectivity index (χ0) is 27.1. The number of quaternary nitrogens is 1. The monoisotopic (exact) mass is 524 g/mol. The van der Waals surface area contributed by atoms with E-state index in [1.807, 2.05) is 0 Å². The van der Waals surface area contributed by atoms with E-state index in [9.17, 15) is 31.1 Å². The van der Waals surface area contributed by atoms with Gasteiger partial charge in [-0.05, 0) is 54.4 Å². The average Bonchev–Trinajstić information content (AvgIpc) is 2.81. The molecule has 1 aliphatic rings. The molecule has 0 aliphatic carbocycles. The van der Waals surface area contributed by atoms with Crippen molar-refractivity contribution in [1.29, 1.82) is 0 Å². The maximum atomic E-state index is 16.0. The largest absolute Gasteiger partial charge is 0.555 e. The van der Waals surface area contributed by atoms with Crippen LogP contribution in [0.3, 0.4) is 0 Å². The second-order valence-corrected chi connectivity index (χ2v) is 8.40. The summed E-state index contributed by atoms with van der Waals surface area (Å²) in [5.41, 5.74) is -3.71. The van der Waals surface area contributed by atoms with E-state index in [2.05, 4.69) is 0 Å². The second-order valence-electron chi connectivity index (χ2n) is 8.40. The number of fused-ring (bicyclic) bond motifs is 1. The lowest BCUT2D eigenvalue weighted by molar-refractivity contribution is -0.143. The SMILES string of the molecule is CCOC(=O)[N@+]1(OC)c2cc(OC)ccc2C([C@H](F)c2cc(C(F)(F)F)cc(C(F)(F)F)c2)C[C@@H]1C. The number of hydroxylamine groups is 2. The van der Waals surface area contributed by atoms with Crippen LogP contribution in [-0.4, -0.2) is 33.0 Å². The highest BCUT2D eigenvalue weighted by Gasteiger charge is 2.56. The molecule has 0 saturated heterocycles. The molecule has 1 aliphatic heterocycles. The third-order valence-electron chi connectivity index (χ3n) is 6.32. The number of ether oxygens (including phenoxy) is 2. The van der Waals surface area contributed by atoms with Gasteiger partial charge in [0.2, 0.25) is 0 Å². The Bertz CT molecular complexity index is 1090. The minimum atomic E-state index is -5.12. The van der Waals surface area contributed by atoms with Gasteiger partial charge in [-0.1, -0.05) is 0 Å². The van der Waals surface area contributed by atoms with Gasteiger partial charge in [0.25, 0.3) is 0 Å². The molecule has 0 aromatic heterocycles. The first-order valence-electron chi connectivity index (χ1n) is 10.9. The zero-order valence-electron chi connectivity index (χ0n) is 19.8. The molecule has 3 rings (SSSR count). The van der Waals surface area contributed by atoms with Crippen molar-refractivity contribution < 1.29 is 49.8 Å². The van der Waals surface area contributed by atoms with Crippen molar-refractivity contribution in [2.75, 3.05) is 20.8 Å². The normalized spacial score (nSPS) is 23.1. The summed E-state index contributed by atoms with van der Waals surface area (Å²) in [6.07, 6.45) is -13.5. The van der Waals surface area contributed by atoms with Gasteiger partial charge in [-0.25, -0.2) is 4.39 Å². The molecule has 2 aromatic carbocycles. The van der Waals surface area contributed by atoms with Crippen molar-refractivity contribution in [2.45, 2.75) is 50.8 Å². The number of hydrogen-bond acceptors (Lipinski definition) is 4. The number of carbonyl (C=O) groups is 1. The van der Waals surface area contributed by atoms with Gasteiger partial charge in [0.15, 0.2) is 5.69 Å². The molecule has 5 nitrogen and oxygen atoms in total. The quantitative estimate of drug-likeness (QED) is 0.303. The van der Waals surface area contributed by atoms with Crippen LogP contribution in [0.4, 0.5) is 41.2 Å². The van der Waals surface area contributed by atoms with E-state index < -0.39 is 57.9 Å². The molecule has 1 unspecified atom stereocenters. The molecule has 36 heavy (non-hydrogen) atoms. The molecule has 0 fully saturated rings. The Morgan fingerprint density at radius 2 is 1.61 bits per heavy atom. The highest BCUT2D eigenvalue weighted by Crippen LogP contribution is 2.52. The summed E-state index contributed by atoms with van der Waals surface area (Å²) in [5.74, 6) is -0.916. The molecule has 0 saturated carbocycles. The van der Waals surface area contributed by atoms with Gasteiger partial charge in [0.1, 0.15) is 18.0 Å². The number of benzene rings is 2. The minimum absolute atomic E-state index is 0.00777. The number of halogens is 7. The van der Waals surface area contributed by atoms with Crippen LogP contribution < -0.4 is 9.38 Å². The molecule has 0 spiro atoms. The summed E-state index contributed by atoms with van der Waals surface area (Å²) < 4.78 is 106. The van der Waals surface area contributed by atoms with E-state index >= 15 is 4.39 Å². The summed E-state index contributed by atoms with van der Waals surface area (Å²) in [6, 6.07) is 4.19. The van der Waals surface area contributed by atoms with Gasteiger partial charge >= 0.3 is 18.4 Å². The first kappa shape index (κ1) is 27.7. The van der Waals surface area contributed by atoms with Crippen LogP contribution in [-0.2, 0) is 21.9 Å². The van der Waals surface area contributed by atoms with Crippen LogP contribution >= 0.6 is 0 Å². The lowest BCUT2D eigenvalue weighted by Gasteiger charge is -2.42. The number of hydrogen-bond donors (Lipinski definition) is 0. The maximum Gasteiger partial charge on any atom is 0.555 e. The van der Waals surface area contributed by atoms with Crippen molar-refractivity contribution in [3.8, 4) is 5.75 Å². The number of rotatable bonds is 5. The van der Waals surface area contributed by atoms with Crippen LogP contribution in [0.2, 0.25) is 0 Å². The van der Waals surface area contributed by atoms with Gasteiger partial charge in [-0.3, -0.25) is 0 Å². The molecule has 0 radical (unpaired) electrons. The van der Waals surface area contributed by atoms with Gasteiger partial charge < -0.3 is 9.47 Å². The molecule has 1 heterocycles. The van der Waals surface area contributed by atoms with Crippen LogP contribution in [0.1, 0.15) is 54.6 Å². The van der Waals surface area contributed by atoms with Gasteiger partial charge in [-0.15, -0.1) is 0 Å². The van der Waals surface area contributed by atoms with Crippen molar-refractivity contribution in [3.05, 3.63) is 58.7 Å². The molecule has 0 bridgehead atoms. The predicted molar refractivity (Wildman–Crippen MR) is 116 cm³/mol. The molecular formula is C24H25F7NO4+. The van der Waals surface area contributed by atoms with E-state index in [4.69, 9.17) is 14.3 Å². The van der Waals surface area contributed by atoms with E-state index in [0.29, 0.717) is 12.1 Å². The van der Waals surface area contributed by atoms with Crippen LogP contribution in [0.5, 0.6) is 5.75 Å². The first-order chi connectivity index (χ1) is 16.7. The number of carbonyl (C=O) groups excluding carboxylic acids is 1. The van der Waals surface area contributed by atoms with E-state index in [0.717, 1.165) is 0 Å². The van der Waals surface area contributed by atoms with Crippen molar-refractivity contribution in [3.63, 3.8) is 0 Å².